The third kappa shape index (κ3) is 2.69. The Labute approximate surface area is 146 Å². The molecule has 0 spiro atoms. The quantitative estimate of drug-likeness (QED) is 0.497. The number of aromatic amines is 1. The van der Waals surface area contributed by atoms with Crippen LogP contribution in [0.25, 0.3) is 22.4 Å². The number of benzene rings is 2. The molecule has 0 aliphatic heterocycles. The van der Waals surface area contributed by atoms with Crippen molar-refractivity contribution in [2.24, 2.45) is 0 Å². The Morgan fingerprint density at radius 2 is 1.71 bits per heavy atom. The molecule has 0 unspecified atom stereocenters. The van der Waals surface area contributed by atoms with Gasteiger partial charge in [-0.15, -0.1) is 0 Å². The van der Waals surface area contributed by atoms with Gasteiger partial charge in [-0.25, -0.2) is 9.97 Å². The molecule has 0 bridgehead atoms. The Bertz CT molecular complexity index is 995. The number of hydrogen-bond acceptors (Lipinski definition) is 5. The van der Waals surface area contributed by atoms with E-state index in [9.17, 15) is 0 Å². The Balaban J connectivity index is 1.75. The van der Waals surface area contributed by atoms with Crippen LogP contribution in [0.1, 0.15) is 0 Å². The average molecular weight is 381 g/mol. The second-order valence-corrected chi connectivity index (χ2v) is 6.14. The van der Waals surface area contributed by atoms with Crippen molar-refractivity contribution >= 4 is 44.3 Å². The summed E-state index contributed by atoms with van der Waals surface area (Å²) in [4.78, 5) is 8.95. The second kappa shape index (κ2) is 5.93. The molecule has 0 saturated heterocycles. The van der Waals surface area contributed by atoms with Crippen molar-refractivity contribution in [3.8, 4) is 11.4 Å². The van der Waals surface area contributed by atoms with Gasteiger partial charge in [0.15, 0.2) is 17.3 Å². The molecule has 4 rings (SSSR count). The van der Waals surface area contributed by atoms with Crippen molar-refractivity contribution in [1.82, 2.24) is 20.2 Å². The minimum Gasteiger partial charge on any atom is -0.383 e. The maximum atomic E-state index is 6.16. The largest absolute Gasteiger partial charge is 0.383 e. The summed E-state index contributed by atoms with van der Waals surface area (Å²) in [6, 6.07) is 17.5. The van der Waals surface area contributed by atoms with Crippen LogP contribution < -0.4 is 11.1 Å². The molecular weight excluding hydrogens is 368 g/mol. The molecule has 0 fully saturated rings. The molecule has 6 nitrogen and oxygen atoms in total. The van der Waals surface area contributed by atoms with Gasteiger partial charge in [-0.2, -0.15) is 5.10 Å². The molecule has 0 aliphatic rings. The highest BCUT2D eigenvalue weighted by Crippen LogP contribution is 2.29. The molecular formula is C17H13BrN6. The first-order valence-electron chi connectivity index (χ1n) is 7.30. The van der Waals surface area contributed by atoms with Gasteiger partial charge in [0.25, 0.3) is 0 Å². The molecule has 0 radical (unpaired) electrons. The van der Waals surface area contributed by atoms with Crippen molar-refractivity contribution in [3.05, 3.63) is 59.1 Å². The predicted octanol–water partition coefficient (Wildman–Crippen LogP) is 4.11. The number of nitrogens with two attached hydrogens (primary N) is 1. The van der Waals surface area contributed by atoms with Crippen LogP contribution in [0.3, 0.4) is 0 Å². The van der Waals surface area contributed by atoms with E-state index in [-0.39, 0.29) is 0 Å². The third-order valence-corrected chi connectivity index (χ3v) is 4.12. The predicted molar refractivity (Wildman–Crippen MR) is 99.0 cm³/mol. The highest BCUT2D eigenvalue weighted by Gasteiger charge is 2.14. The topological polar surface area (TPSA) is 92.5 Å². The summed E-state index contributed by atoms with van der Waals surface area (Å²) in [7, 11) is 0. The van der Waals surface area contributed by atoms with E-state index in [0.29, 0.717) is 28.5 Å². The van der Waals surface area contributed by atoms with Crippen molar-refractivity contribution in [1.29, 1.82) is 0 Å². The van der Waals surface area contributed by atoms with Gasteiger partial charge in [0.2, 0.25) is 0 Å². The van der Waals surface area contributed by atoms with E-state index in [1.165, 1.54) is 0 Å². The van der Waals surface area contributed by atoms with Crippen LogP contribution in [0.5, 0.6) is 0 Å². The van der Waals surface area contributed by atoms with Gasteiger partial charge in [-0.1, -0.05) is 46.3 Å². The lowest BCUT2D eigenvalue weighted by Crippen LogP contribution is -1.98. The molecule has 2 heterocycles. The smallest absolute Gasteiger partial charge is 0.165 e. The number of nitrogen functional groups attached to an aromatic ring is 1. The molecule has 4 aromatic rings. The zero-order valence-electron chi connectivity index (χ0n) is 12.5. The minimum atomic E-state index is 0.382. The van der Waals surface area contributed by atoms with Crippen LogP contribution in [-0.4, -0.2) is 20.2 Å². The summed E-state index contributed by atoms with van der Waals surface area (Å²) in [5.41, 5.74) is 8.56. The third-order valence-electron chi connectivity index (χ3n) is 3.59. The van der Waals surface area contributed by atoms with E-state index >= 15 is 0 Å². The molecule has 0 atom stereocenters. The van der Waals surface area contributed by atoms with E-state index < -0.39 is 0 Å². The Kier molecular flexibility index (Phi) is 3.62. The number of nitrogens with zero attached hydrogens (tertiary/aromatic N) is 3. The van der Waals surface area contributed by atoms with Crippen LogP contribution in [0.2, 0.25) is 0 Å². The number of rotatable bonds is 3. The molecule has 4 N–H and O–H groups in total. The van der Waals surface area contributed by atoms with Crippen LogP contribution in [0, 0.1) is 0 Å². The summed E-state index contributed by atoms with van der Waals surface area (Å²) in [6.07, 6.45) is 0. The highest BCUT2D eigenvalue weighted by atomic mass is 79.9. The first-order chi connectivity index (χ1) is 11.7. The zero-order valence-corrected chi connectivity index (χ0v) is 14.1. The minimum absolute atomic E-state index is 0.382. The Morgan fingerprint density at radius 3 is 2.46 bits per heavy atom. The lowest BCUT2D eigenvalue weighted by molar-refractivity contribution is 1.09. The van der Waals surface area contributed by atoms with Crippen LogP contribution in [0.4, 0.5) is 17.3 Å². The maximum Gasteiger partial charge on any atom is 0.165 e. The maximum absolute atomic E-state index is 6.16. The van der Waals surface area contributed by atoms with E-state index in [1.807, 2.05) is 54.6 Å². The second-order valence-electron chi connectivity index (χ2n) is 5.23. The van der Waals surface area contributed by atoms with Gasteiger partial charge in [0.05, 0.1) is 0 Å². The van der Waals surface area contributed by atoms with Gasteiger partial charge in [0.1, 0.15) is 11.2 Å². The lowest BCUT2D eigenvalue weighted by atomic mass is 10.2. The van der Waals surface area contributed by atoms with Crippen molar-refractivity contribution in [2.45, 2.75) is 0 Å². The van der Waals surface area contributed by atoms with Gasteiger partial charge in [-0.05, 0) is 24.3 Å². The number of halogens is 1. The van der Waals surface area contributed by atoms with Crippen molar-refractivity contribution in [2.75, 3.05) is 11.1 Å². The molecule has 7 heteroatoms. The summed E-state index contributed by atoms with van der Waals surface area (Å²) >= 11 is 3.42. The molecule has 0 aliphatic carbocycles. The lowest BCUT2D eigenvalue weighted by Gasteiger charge is -2.06. The fraction of sp³-hybridized carbons (Fsp3) is 0. The molecule has 0 saturated carbocycles. The monoisotopic (exact) mass is 380 g/mol. The molecule has 24 heavy (non-hydrogen) atoms. The normalized spacial score (nSPS) is 10.9. The number of nitrogens with one attached hydrogen (secondary N) is 2. The fourth-order valence-corrected chi connectivity index (χ4v) is 2.70. The molecule has 118 valence electrons. The number of aromatic nitrogens is 4. The van der Waals surface area contributed by atoms with Crippen molar-refractivity contribution < 1.29 is 0 Å². The molecule has 2 aromatic heterocycles. The highest BCUT2D eigenvalue weighted by molar-refractivity contribution is 9.10. The van der Waals surface area contributed by atoms with E-state index in [0.717, 1.165) is 15.7 Å². The molecule has 0 amide bonds. The van der Waals surface area contributed by atoms with Gasteiger partial charge < -0.3 is 11.1 Å². The Morgan fingerprint density at radius 1 is 0.958 bits per heavy atom. The van der Waals surface area contributed by atoms with Gasteiger partial charge in [-0.3, -0.25) is 5.10 Å². The first-order valence-corrected chi connectivity index (χ1v) is 8.09. The van der Waals surface area contributed by atoms with Crippen LogP contribution in [-0.2, 0) is 0 Å². The fourth-order valence-electron chi connectivity index (χ4n) is 2.43. The summed E-state index contributed by atoms with van der Waals surface area (Å²) < 4.78 is 1.01. The first kappa shape index (κ1) is 14.6. The van der Waals surface area contributed by atoms with Gasteiger partial charge in [0, 0.05) is 15.7 Å². The van der Waals surface area contributed by atoms with E-state index in [2.05, 4.69) is 41.4 Å². The van der Waals surface area contributed by atoms with E-state index in [1.54, 1.807) is 0 Å². The number of fused-ring (bicyclic) bond motifs is 1. The summed E-state index contributed by atoms with van der Waals surface area (Å²) in [5.74, 6) is 1.55. The molecule has 2 aromatic carbocycles. The van der Waals surface area contributed by atoms with E-state index in [4.69, 9.17) is 5.73 Å². The summed E-state index contributed by atoms with van der Waals surface area (Å²) in [5, 5.41) is 11.1. The number of hydrogen-bond donors (Lipinski definition) is 3. The van der Waals surface area contributed by atoms with Gasteiger partial charge >= 0.3 is 0 Å². The summed E-state index contributed by atoms with van der Waals surface area (Å²) in [6.45, 7) is 0. The van der Waals surface area contributed by atoms with Crippen LogP contribution >= 0.6 is 15.9 Å². The van der Waals surface area contributed by atoms with Crippen LogP contribution in [0.15, 0.2) is 59.1 Å². The number of anilines is 3. The average Bonchev–Trinajstić information content (AvgIpc) is 3.01. The standard InChI is InChI=1S/C17H13BrN6/c18-11-6-8-12(9-7-11)20-16-13-14(19)21-15(22-17(13)24-23-16)10-4-2-1-3-5-10/h1-9H,(H4,19,20,21,22,23,24). The zero-order chi connectivity index (χ0) is 16.5. The number of H-pyrrole nitrogens is 1. The van der Waals surface area contributed by atoms with Crippen molar-refractivity contribution in [3.63, 3.8) is 0 Å². The SMILES string of the molecule is Nc1nc(-c2ccccc2)nc2[nH]nc(Nc3ccc(Br)cc3)c12. The Hall–Kier alpha value is -2.93.